The Bertz CT molecular complexity index is 930. The summed E-state index contributed by atoms with van der Waals surface area (Å²) in [5, 5.41) is 3.97. The van der Waals surface area contributed by atoms with E-state index in [0.717, 1.165) is 29.8 Å². The molecule has 2 aromatic carbocycles. The van der Waals surface area contributed by atoms with E-state index in [-0.39, 0.29) is 11.9 Å². The first kappa shape index (κ1) is 20.0. The molecular formula is C23H28N2O3. The van der Waals surface area contributed by atoms with E-state index in [2.05, 4.69) is 36.2 Å². The van der Waals surface area contributed by atoms with Crippen LogP contribution in [0.3, 0.4) is 0 Å². The van der Waals surface area contributed by atoms with Crippen molar-refractivity contribution in [2.45, 2.75) is 26.8 Å². The molecule has 148 valence electrons. The van der Waals surface area contributed by atoms with Crippen molar-refractivity contribution in [1.29, 1.82) is 0 Å². The van der Waals surface area contributed by atoms with Crippen LogP contribution in [0.5, 0.6) is 5.75 Å². The van der Waals surface area contributed by atoms with Crippen LogP contribution in [0.15, 0.2) is 52.9 Å². The lowest BCUT2D eigenvalue weighted by atomic mass is 10.0. The van der Waals surface area contributed by atoms with Gasteiger partial charge in [-0.1, -0.05) is 44.2 Å². The molecule has 0 aliphatic carbocycles. The number of rotatable bonds is 8. The van der Waals surface area contributed by atoms with Crippen molar-refractivity contribution in [3.05, 3.63) is 65.4 Å². The minimum Gasteiger partial charge on any atom is -0.497 e. The van der Waals surface area contributed by atoms with E-state index in [1.807, 2.05) is 43.3 Å². The molecule has 1 atom stereocenters. The molecule has 3 rings (SSSR count). The molecule has 0 aliphatic heterocycles. The zero-order valence-corrected chi connectivity index (χ0v) is 17.0. The van der Waals surface area contributed by atoms with Crippen LogP contribution in [-0.4, -0.2) is 37.6 Å². The lowest BCUT2D eigenvalue weighted by Gasteiger charge is -2.30. The molecule has 0 bridgehead atoms. The Morgan fingerprint density at radius 3 is 2.50 bits per heavy atom. The van der Waals surface area contributed by atoms with Gasteiger partial charge in [0.1, 0.15) is 11.3 Å². The van der Waals surface area contributed by atoms with E-state index in [4.69, 9.17) is 9.15 Å². The number of benzene rings is 2. The average Bonchev–Trinajstić information content (AvgIpc) is 3.07. The van der Waals surface area contributed by atoms with Crippen molar-refractivity contribution < 1.29 is 13.9 Å². The maximum Gasteiger partial charge on any atom is 0.287 e. The van der Waals surface area contributed by atoms with Gasteiger partial charge in [0, 0.05) is 17.5 Å². The summed E-state index contributed by atoms with van der Waals surface area (Å²) in [6.07, 6.45) is 0. The second-order valence-corrected chi connectivity index (χ2v) is 6.78. The number of carbonyl (C=O) groups excluding carboxylic acids is 1. The highest BCUT2D eigenvalue weighted by Gasteiger charge is 2.22. The fourth-order valence-electron chi connectivity index (χ4n) is 3.61. The number of aryl methyl sites for hydroxylation is 1. The minimum absolute atomic E-state index is 0.116. The number of hydrogen-bond donors (Lipinski definition) is 1. The van der Waals surface area contributed by atoms with Crippen LogP contribution in [-0.2, 0) is 0 Å². The highest BCUT2D eigenvalue weighted by Crippen LogP contribution is 2.29. The number of likely N-dealkylation sites (N-methyl/N-ethyl adjacent to an activating group) is 1. The molecule has 0 saturated carbocycles. The molecule has 0 radical (unpaired) electrons. The number of nitrogens with zero attached hydrogens (tertiary/aromatic N) is 1. The molecule has 1 amide bonds. The first-order chi connectivity index (χ1) is 13.6. The van der Waals surface area contributed by atoms with Crippen molar-refractivity contribution in [2.75, 3.05) is 26.7 Å². The van der Waals surface area contributed by atoms with Gasteiger partial charge in [0.25, 0.3) is 5.91 Å². The summed E-state index contributed by atoms with van der Waals surface area (Å²) in [5.41, 5.74) is 2.70. The average molecular weight is 380 g/mol. The van der Waals surface area contributed by atoms with Crippen LogP contribution >= 0.6 is 0 Å². The Labute approximate surface area is 166 Å². The smallest absolute Gasteiger partial charge is 0.287 e. The quantitative estimate of drug-likeness (QED) is 0.622. The number of methoxy groups -OCH3 is 1. The summed E-state index contributed by atoms with van der Waals surface area (Å²) >= 11 is 0. The largest absolute Gasteiger partial charge is 0.497 e. The van der Waals surface area contributed by atoms with Crippen molar-refractivity contribution in [1.82, 2.24) is 10.2 Å². The Balaban J connectivity index is 1.81. The van der Waals surface area contributed by atoms with Crippen LogP contribution in [0.2, 0.25) is 0 Å². The summed E-state index contributed by atoms with van der Waals surface area (Å²) < 4.78 is 11.1. The third kappa shape index (κ3) is 4.04. The molecule has 0 spiro atoms. The predicted molar refractivity (Wildman–Crippen MR) is 112 cm³/mol. The molecule has 0 fully saturated rings. The maximum absolute atomic E-state index is 12.9. The number of carbonyl (C=O) groups is 1. The second-order valence-electron chi connectivity index (χ2n) is 6.78. The van der Waals surface area contributed by atoms with Crippen molar-refractivity contribution in [2.24, 2.45) is 0 Å². The molecule has 0 aliphatic rings. The SMILES string of the molecule is CCN(CC)[C@H](CNC(=O)c1oc2ccc(OC)cc2c1C)c1ccccc1. The van der Waals surface area contributed by atoms with Gasteiger partial charge in [0.2, 0.25) is 0 Å². The summed E-state index contributed by atoms with van der Waals surface area (Å²) in [7, 11) is 1.63. The van der Waals surface area contributed by atoms with Gasteiger partial charge in [0.15, 0.2) is 5.76 Å². The molecular weight excluding hydrogens is 352 g/mol. The minimum atomic E-state index is -0.194. The first-order valence-corrected chi connectivity index (χ1v) is 9.73. The number of hydrogen-bond acceptors (Lipinski definition) is 4. The number of ether oxygens (including phenoxy) is 1. The number of fused-ring (bicyclic) bond motifs is 1. The molecule has 28 heavy (non-hydrogen) atoms. The zero-order chi connectivity index (χ0) is 20.1. The van der Waals surface area contributed by atoms with Gasteiger partial charge >= 0.3 is 0 Å². The Kier molecular flexibility index (Phi) is 6.37. The molecule has 1 N–H and O–H groups in total. The highest BCUT2D eigenvalue weighted by molar-refractivity contribution is 5.99. The Morgan fingerprint density at radius 2 is 1.86 bits per heavy atom. The van der Waals surface area contributed by atoms with Crippen LogP contribution in [0.1, 0.15) is 41.6 Å². The molecule has 1 aromatic heterocycles. The Morgan fingerprint density at radius 1 is 1.14 bits per heavy atom. The van der Waals surface area contributed by atoms with Crippen molar-refractivity contribution in [3.63, 3.8) is 0 Å². The van der Waals surface area contributed by atoms with Gasteiger partial charge in [-0.25, -0.2) is 0 Å². The van der Waals surface area contributed by atoms with E-state index >= 15 is 0 Å². The van der Waals surface area contributed by atoms with E-state index in [9.17, 15) is 4.79 Å². The number of nitrogens with one attached hydrogen (secondary N) is 1. The summed E-state index contributed by atoms with van der Waals surface area (Å²) in [6, 6.07) is 16.0. The summed E-state index contributed by atoms with van der Waals surface area (Å²) in [5.74, 6) is 0.907. The second kappa shape index (κ2) is 8.93. The number of amides is 1. The first-order valence-electron chi connectivity index (χ1n) is 9.73. The van der Waals surface area contributed by atoms with E-state index in [1.54, 1.807) is 7.11 Å². The molecule has 5 heteroatoms. The third-order valence-corrected chi connectivity index (χ3v) is 5.24. The fourth-order valence-corrected chi connectivity index (χ4v) is 3.61. The molecule has 5 nitrogen and oxygen atoms in total. The summed E-state index contributed by atoms with van der Waals surface area (Å²) in [4.78, 5) is 15.2. The van der Waals surface area contributed by atoms with Crippen molar-refractivity contribution >= 4 is 16.9 Å². The molecule has 0 saturated heterocycles. The van der Waals surface area contributed by atoms with Crippen LogP contribution in [0, 0.1) is 6.92 Å². The van der Waals surface area contributed by atoms with E-state index < -0.39 is 0 Å². The van der Waals surface area contributed by atoms with Crippen LogP contribution in [0.25, 0.3) is 11.0 Å². The Hall–Kier alpha value is -2.79. The topological polar surface area (TPSA) is 54.7 Å². The molecule has 0 unspecified atom stereocenters. The monoisotopic (exact) mass is 380 g/mol. The maximum atomic E-state index is 12.9. The van der Waals surface area contributed by atoms with Gasteiger partial charge in [-0.05, 0) is 43.8 Å². The third-order valence-electron chi connectivity index (χ3n) is 5.24. The van der Waals surface area contributed by atoms with E-state index in [1.165, 1.54) is 5.56 Å². The van der Waals surface area contributed by atoms with Crippen LogP contribution < -0.4 is 10.1 Å². The predicted octanol–water partition coefficient (Wildman–Crippen LogP) is 4.56. The van der Waals surface area contributed by atoms with Gasteiger partial charge in [-0.3, -0.25) is 9.69 Å². The fraction of sp³-hybridized carbons (Fsp3) is 0.348. The highest BCUT2D eigenvalue weighted by atomic mass is 16.5. The molecule has 1 heterocycles. The molecule has 3 aromatic rings. The standard InChI is InChI=1S/C23H28N2O3/c1-5-25(6-2)20(17-10-8-7-9-11-17)15-24-23(26)22-16(3)19-14-18(27-4)12-13-21(19)28-22/h7-14,20H,5-6,15H2,1-4H3,(H,24,26)/t20-/m1/s1. The van der Waals surface area contributed by atoms with Gasteiger partial charge in [-0.15, -0.1) is 0 Å². The summed E-state index contributed by atoms with van der Waals surface area (Å²) in [6.45, 7) is 8.52. The zero-order valence-electron chi connectivity index (χ0n) is 17.0. The lowest BCUT2D eigenvalue weighted by molar-refractivity contribution is 0.0908. The van der Waals surface area contributed by atoms with Gasteiger partial charge in [0.05, 0.1) is 13.2 Å². The van der Waals surface area contributed by atoms with Crippen molar-refractivity contribution in [3.8, 4) is 5.75 Å². The normalized spacial score (nSPS) is 12.3. The van der Waals surface area contributed by atoms with Crippen LogP contribution in [0.4, 0.5) is 0 Å². The van der Waals surface area contributed by atoms with E-state index in [0.29, 0.717) is 17.9 Å². The van der Waals surface area contributed by atoms with Gasteiger partial charge in [-0.2, -0.15) is 0 Å². The van der Waals surface area contributed by atoms with Gasteiger partial charge < -0.3 is 14.5 Å². The lowest BCUT2D eigenvalue weighted by Crippen LogP contribution is -2.38. The number of furan rings is 1.